The van der Waals surface area contributed by atoms with Gasteiger partial charge in [0.15, 0.2) is 11.7 Å². The Labute approximate surface area is 178 Å². The van der Waals surface area contributed by atoms with Crippen molar-refractivity contribution in [3.63, 3.8) is 0 Å². The zero-order valence-corrected chi connectivity index (χ0v) is 18.2. The number of nitrogens with one attached hydrogen (secondary N) is 2. The molecule has 1 aromatic carbocycles. The Kier molecular flexibility index (Phi) is 9.78. The molecular formula is C17H22ClF2IN4O2. The van der Waals surface area contributed by atoms with E-state index in [2.05, 4.69) is 25.5 Å². The molecule has 27 heavy (non-hydrogen) atoms. The van der Waals surface area contributed by atoms with E-state index in [4.69, 9.17) is 16.1 Å². The molecule has 0 bridgehead atoms. The fraction of sp³-hybridized carbons (Fsp3) is 0.412. The van der Waals surface area contributed by atoms with Gasteiger partial charge in [0.1, 0.15) is 5.75 Å². The first-order chi connectivity index (χ1) is 12.4. The van der Waals surface area contributed by atoms with Gasteiger partial charge in [0.25, 0.3) is 0 Å². The lowest BCUT2D eigenvalue weighted by Crippen LogP contribution is -2.36. The van der Waals surface area contributed by atoms with E-state index in [0.717, 1.165) is 5.69 Å². The lowest BCUT2D eigenvalue weighted by Gasteiger charge is -2.14. The Morgan fingerprint density at radius 1 is 1.26 bits per heavy atom. The van der Waals surface area contributed by atoms with E-state index in [0.29, 0.717) is 28.9 Å². The van der Waals surface area contributed by atoms with Crippen LogP contribution in [0.5, 0.6) is 5.75 Å². The van der Waals surface area contributed by atoms with Crippen LogP contribution < -0.4 is 15.4 Å². The van der Waals surface area contributed by atoms with Crippen molar-refractivity contribution in [3.8, 4) is 5.75 Å². The molecule has 0 fully saturated rings. The average molecular weight is 515 g/mol. The van der Waals surface area contributed by atoms with E-state index in [9.17, 15) is 8.78 Å². The summed E-state index contributed by atoms with van der Waals surface area (Å²) in [5, 5.41) is 10.5. The van der Waals surface area contributed by atoms with Gasteiger partial charge in [0.2, 0.25) is 0 Å². The van der Waals surface area contributed by atoms with Crippen LogP contribution in [0.25, 0.3) is 0 Å². The summed E-state index contributed by atoms with van der Waals surface area (Å²) in [6, 6.07) is 6.33. The summed E-state index contributed by atoms with van der Waals surface area (Å²) in [7, 11) is 1.60. The third-order valence-corrected chi connectivity index (χ3v) is 3.74. The molecule has 0 amide bonds. The minimum absolute atomic E-state index is 0. The van der Waals surface area contributed by atoms with Crippen LogP contribution in [0.4, 0.5) is 8.78 Å². The van der Waals surface area contributed by atoms with Crippen LogP contribution in [-0.2, 0) is 13.1 Å². The smallest absolute Gasteiger partial charge is 0.387 e. The second kappa shape index (κ2) is 11.3. The topological polar surface area (TPSA) is 71.7 Å². The summed E-state index contributed by atoms with van der Waals surface area (Å²) in [6.07, 6.45) is 0. The van der Waals surface area contributed by atoms with Crippen LogP contribution in [0.1, 0.15) is 36.8 Å². The summed E-state index contributed by atoms with van der Waals surface area (Å²) < 4.78 is 34.8. The van der Waals surface area contributed by atoms with Crippen LogP contribution in [0.2, 0.25) is 5.02 Å². The van der Waals surface area contributed by atoms with Gasteiger partial charge >= 0.3 is 6.61 Å². The highest BCUT2D eigenvalue weighted by Crippen LogP contribution is 2.24. The standard InChI is InChI=1S/C17H21ClF2N4O2.HI/c1-10(2)14-7-13(26-24-14)9-23-17(21-3)22-8-11-6-12(18)4-5-15(11)25-16(19)20;/h4-7,10,16H,8-9H2,1-3H3,(H2,21,22,23);1H. The Morgan fingerprint density at radius 3 is 2.56 bits per heavy atom. The number of aliphatic imine (C=N–C) groups is 1. The van der Waals surface area contributed by atoms with E-state index in [1.54, 1.807) is 13.1 Å². The van der Waals surface area contributed by atoms with Crippen LogP contribution in [-0.4, -0.2) is 24.8 Å². The Hall–Kier alpha value is -1.62. The second-order valence-corrected chi connectivity index (χ2v) is 6.22. The molecule has 0 aliphatic heterocycles. The molecule has 0 atom stereocenters. The van der Waals surface area contributed by atoms with Crippen LogP contribution >= 0.6 is 35.6 Å². The van der Waals surface area contributed by atoms with Crippen molar-refractivity contribution < 1.29 is 18.0 Å². The van der Waals surface area contributed by atoms with E-state index in [1.807, 2.05) is 19.9 Å². The van der Waals surface area contributed by atoms with Crippen LogP contribution in [0.3, 0.4) is 0 Å². The number of hydrogen-bond donors (Lipinski definition) is 2. The second-order valence-electron chi connectivity index (χ2n) is 5.78. The molecule has 6 nitrogen and oxygen atoms in total. The Morgan fingerprint density at radius 2 is 1.96 bits per heavy atom. The predicted octanol–water partition coefficient (Wildman–Crippen LogP) is 4.54. The van der Waals surface area contributed by atoms with Gasteiger partial charge in [-0.15, -0.1) is 24.0 Å². The van der Waals surface area contributed by atoms with Gasteiger partial charge in [0, 0.05) is 30.2 Å². The molecule has 0 radical (unpaired) electrons. The lowest BCUT2D eigenvalue weighted by molar-refractivity contribution is -0.0504. The van der Waals surface area contributed by atoms with Crippen molar-refractivity contribution in [2.75, 3.05) is 7.05 Å². The summed E-state index contributed by atoms with van der Waals surface area (Å²) in [6.45, 7) is 1.73. The normalized spacial score (nSPS) is 11.5. The number of benzene rings is 1. The molecule has 2 N–H and O–H groups in total. The molecule has 0 aliphatic rings. The molecule has 10 heteroatoms. The molecule has 2 rings (SSSR count). The number of ether oxygens (including phenoxy) is 1. The highest BCUT2D eigenvalue weighted by atomic mass is 127. The Balaban J connectivity index is 0.00000364. The van der Waals surface area contributed by atoms with Crippen molar-refractivity contribution in [1.29, 1.82) is 0 Å². The number of hydrogen-bond acceptors (Lipinski definition) is 4. The van der Waals surface area contributed by atoms with E-state index < -0.39 is 6.61 Å². The molecule has 1 aromatic heterocycles. The number of guanidine groups is 1. The van der Waals surface area contributed by atoms with E-state index in [1.165, 1.54) is 12.1 Å². The SMILES string of the molecule is CN=C(NCc1cc(C(C)C)no1)NCc1cc(Cl)ccc1OC(F)F.I. The minimum Gasteiger partial charge on any atom is -0.434 e. The molecule has 0 aliphatic carbocycles. The van der Waals surface area contributed by atoms with Gasteiger partial charge in [-0.3, -0.25) is 4.99 Å². The van der Waals surface area contributed by atoms with Gasteiger partial charge < -0.3 is 19.9 Å². The number of rotatable bonds is 7. The van der Waals surface area contributed by atoms with Gasteiger partial charge in [-0.2, -0.15) is 8.78 Å². The lowest BCUT2D eigenvalue weighted by atomic mass is 10.1. The zero-order valence-electron chi connectivity index (χ0n) is 15.1. The maximum absolute atomic E-state index is 12.5. The quantitative estimate of drug-likeness (QED) is 0.323. The third-order valence-electron chi connectivity index (χ3n) is 3.51. The zero-order chi connectivity index (χ0) is 19.1. The molecule has 1 heterocycles. The number of aromatic nitrogens is 1. The third kappa shape index (κ3) is 7.49. The molecule has 0 spiro atoms. The maximum Gasteiger partial charge on any atom is 0.387 e. The molecule has 0 saturated carbocycles. The first kappa shape index (κ1) is 23.4. The fourth-order valence-corrected chi connectivity index (χ4v) is 2.35. The molecule has 150 valence electrons. The highest BCUT2D eigenvalue weighted by molar-refractivity contribution is 14.0. The van der Waals surface area contributed by atoms with Gasteiger partial charge in [-0.25, -0.2) is 0 Å². The van der Waals surface area contributed by atoms with Crippen molar-refractivity contribution in [3.05, 3.63) is 46.3 Å². The van der Waals surface area contributed by atoms with Crippen LogP contribution in [0, 0.1) is 0 Å². The minimum atomic E-state index is -2.91. The van der Waals surface area contributed by atoms with Gasteiger partial charge in [0.05, 0.1) is 12.2 Å². The number of nitrogens with zero attached hydrogens (tertiary/aromatic N) is 2. The predicted molar refractivity (Wildman–Crippen MR) is 111 cm³/mol. The Bertz CT molecular complexity index is 756. The van der Waals surface area contributed by atoms with Gasteiger partial charge in [-0.05, 0) is 24.1 Å². The monoisotopic (exact) mass is 514 g/mol. The average Bonchev–Trinajstić information content (AvgIpc) is 3.06. The largest absolute Gasteiger partial charge is 0.434 e. The first-order valence-corrected chi connectivity index (χ1v) is 8.40. The fourth-order valence-electron chi connectivity index (χ4n) is 2.15. The first-order valence-electron chi connectivity index (χ1n) is 8.02. The molecular weight excluding hydrogens is 493 g/mol. The van der Waals surface area contributed by atoms with Crippen molar-refractivity contribution in [2.45, 2.75) is 39.5 Å². The number of halogens is 4. The summed E-state index contributed by atoms with van der Waals surface area (Å²) in [4.78, 5) is 4.08. The van der Waals surface area contributed by atoms with Gasteiger partial charge in [-0.1, -0.05) is 30.6 Å². The van der Waals surface area contributed by atoms with Crippen molar-refractivity contribution in [2.24, 2.45) is 4.99 Å². The highest BCUT2D eigenvalue weighted by Gasteiger charge is 2.12. The summed E-state index contributed by atoms with van der Waals surface area (Å²) in [5.41, 5.74) is 1.36. The summed E-state index contributed by atoms with van der Waals surface area (Å²) >= 11 is 5.94. The van der Waals surface area contributed by atoms with E-state index >= 15 is 0 Å². The molecule has 0 saturated heterocycles. The molecule has 0 unspecified atom stereocenters. The number of alkyl halides is 2. The van der Waals surface area contributed by atoms with Crippen molar-refractivity contribution >= 4 is 41.5 Å². The van der Waals surface area contributed by atoms with E-state index in [-0.39, 0.29) is 42.2 Å². The maximum atomic E-state index is 12.5. The summed E-state index contributed by atoms with van der Waals surface area (Å²) in [5.74, 6) is 1.47. The van der Waals surface area contributed by atoms with Crippen LogP contribution in [0.15, 0.2) is 33.8 Å². The molecule has 2 aromatic rings. The van der Waals surface area contributed by atoms with Crippen molar-refractivity contribution in [1.82, 2.24) is 15.8 Å².